The number of Topliss-reactive ketones (excluding diaryl/α,β-unsaturated/α-hetero) is 1. The van der Waals surface area contributed by atoms with Crippen LogP contribution < -0.4 is 4.90 Å². The molecule has 2 heterocycles. The average molecular weight is 236 g/mol. The van der Waals surface area contributed by atoms with Crippen LogP contribution in [0.15, 0.2) is 0 Å². The van der Waals surface area contributed by atoms with Gasteiger partial charge in [0.1, 0.15) is 0 Å². The molecule has 1 aromatic heterocycles. The summed E-state index contributed by atoms with van der Waals surface area (Å²) in [5, 5.41) is 1.07. The van der Waals surface area contributed by atoms with Crippen molar-refractivity contribution in [3.8, 4) is 0 Å². The van der Waals surface area contributed by atoms with Gasteiger partial charge in [0.05, 0.1) is 10.6 Å². The van der Waals surface area contributed by atoms with E-state index in [2.05, 4.69) is 16.8 Å². The number of aromatic nitrogens is 1. The minimum absolute atomic E-state index is 0.303. The SMILES string of the molecule is CC1CCN(c2nc3c(s2)C(=O)CCC3)C1. The molecule has 0 aromatic carbocycles. The minimum Gasteiger partial charge on any atom is -0.348 e. The molecule has 0 amide bonds. The van der Waals surface area contributed by atoms with Crippen molar-refractivity contribution < 1.29 is 4.79 Å². The van der Waals surface area contributed by atoms with Gasteiger partial charge in [0.15, 0.2) is 10.9 Å². The molecule has 1 fully saturated rings. The molecule has 0 saturated carbocycles. The first-order valence-corrected chi connectivity index (χ1v) is 6.83. The molecule has 1 aliphatic carbocycles. The number of nitrogens with zero attached hydrogens (tertiary/aromatic N) is 2. The third kappa shape index (κ3) is 1.65. The van der Waals surface area contributed by atoms with E-state index in [0.717, 1.165) is 47.6 Å². The van der Waals surface area contributed by atoms with Crippen LogP contribution in [0.4, 0.5) is 5.13 Å². The van der Waals surface area contributed by atoms with E-state index < -0.39 is 0 Å². The van der Waals surface area contributed by atoms with Gasteiger partial charge in [-0.2, -0.15) is 0 Å². The molecule has 3 nitrogen and oxygen atoms in total. The first-order chi connectivity index (χ1) is 7.74. The number of anilines is 1. The topological polar surface area (TPSA) is 33.2 Å². The Kier molecular flexibility index (Phi) is 2.46. The Bertz CT molecular complexity index is 427. The lowest BCUT2D eigenvalue weighted by Gasteiger charge is -2.13. The summed E-state index contributed by atoms with van der Waals surface area (Å²) in [6, 6.07) is 0. The van der Waals surface area contributed by atoms with E-state index in [1.54, 1.807) is 11.3 Å². The maximum atomic E-state index is 11.7. The van der Waals surface area contributed by atoms with Gasteiger partial charge < -0.3 is 4.90 Å². The summed E-state index contributed by atoms with van der Waals surface area (Å²) in [4.78, 5) is 19.6. The van der Waals surface area contributed by atoms with Gasteiger partial charge >= 0.3 is 0 Å². The molecule has 0 spiro atoms. The number of hydrogen-bond donors (Lipinski definition) is 0. The Morgan fingerprint density at radius 1 is 1.44 bits per heavy atom. The summed E-state index contributed by atoms with van der Waals surface area (Å²) in [6.45, 7) is 4.47. The lowest BCUT2D eigenvalue weighted by molar-refractivity contribution is 0.0976. The van der Waals surface area contributed by atoms with Gasteiger partial charge in [0, 0.05) is 19.5 Å². The number of aryl methyl sites for hydroxylation is 1. The van der Waals surface area contributed by atoms with Crippen molar-refractivity contribution in [1.82, 2.24) is 4.98 Å². The third-order valence-electron chi connectivity index (χ3n) is 3.45. The molecule has 0 radical (unpaired) electrons. The van der Waals surface area contributed by atoms with Crippen LogP contribution in [0.5, 0.6) is 0 Å². The normalized spacial score (nSPS) is 24.9. The summed E-state index contributed by atoms with van der Waals surface area (Å²) in [5.41, 5.74) is 1.05. The molecule has 2 aliphatic rings. The Morgan fingerprint density at radius 3 is 3.00 bits per heavy atom. The molecule has 1 unspecified atom stereocenters. The number of hydrogen-bond acceptors (Lipinski definition) is 4. The monoisotopic (exact) mass is 236 g/mol. The largest absolute Gasteiger partial charge is 0.348 e. The fraction of sp³-hybridized carbons (Fsp3) is 0.667. The van der Waals surface area contributed by atoms with Crippen molar-refractivity contribution in [2.75, 3.05) is 18.0 Å². The van der Waals surface area contributed by atoms with E-state index in [1.807, 2.05) is 0 Å². The van der Waals surface area contributed by atoms with E-state index in [9.17, 15) is 4.79 Å². The van der Waals surface area contributed by atoms with Gasteiger partial charge in [-0.25, -0.2) is 4.98 Å². The van der Waals surface area contributed by atoms with Crippen LogP contribution in [0.3, 0.4) is 0 Å². The van der Waals surface area contributed by atoms with E-state index >= 15 is 0 Å². The number of ketones is 1. The summed E-state index contributed by atoms with van der Waals surface area (Å²) in [6.07, 6.45) is 3.93. The molecule has 1 aromatic rings. The molecule has 1 saturated heterocycles. The molecular weight excluding hydrogens is 220 g/mol. The quantitative estimate of drug-likeness (QED) is 0.751. The second-order valence-corrected chi connectivity index (χ2v) is 5.87. The van der Waals surface area contributed by atoms with Crippen LogP contribution in [0, 0.1) is 5.92 Å². The smallest absolute Gasteiger partial charge is 0.186 e. The Morgan fingerprint density at radius 2 is 2.31 bits per heavy atom. The van der Waals surface area contributed by atoms with Gasteiger partial charge in [0.25, 0.3) is 0 Å². The van der Waals surface area contributed by atoms with Crippen LogP contribution in [-0.2, 0) is 6.42 Å². The molecule has 0 bridgehead atoms. The van der Waals surface area contributed by atoms with E-state index in [-0.39, 0.29) is 0 Å². The lowest BCUT2D eigenvalue weighted by atomic mass is 10.0. The number of rotatable bonds is 1. The highest BCUT2D eigenvalue weighted by atomic mass is 32.1. The summed E-state index contributed by atoms with van der Waals surface area (Å²) < 4.78 is 0. The molecule has 1 aliphatic heterocycles. The van der Waals surface area contributed by atoms with Crippen LogP contribution in [0.1, 0.15) is 41.6 Å². The molecule has 4 heteroatoms. The molecule has 0 N–H and O–H groups in total. The maximum Gasteiger partial charge on any atom is 0.186 e. The highest BCUT2D eigenvalue weighted by Gasteiger charge is 2.26. The zero-order valence-corrected chi connectivity index (χ0v) is 10.3. The van der Waals surface area contributed by atoms with Crippen molar-refractivity contribution in [3.63, 3.8) is 0 Å². The van der Waals surface area contributed by atoms with Gasteiger partial charge in [-0.05, 0) is 25.2 Å². The first-order valence-electron chi connectivity index (χ1n) is 6.02. The molecule has 1 atom stereocenters. The van der Waals surface area contributed by atoms with Crippen molar-refractivity contribution >= 4 is 22.3 Å². The molecule has 86 valence electrons. The number of carbonyl (C=O) groups excluding carboxylic acids is 1. The first kappa shape index (κ1) is 10.3. The standard InChI is InChI=1S/C12H16N2OS/c1-8-5-6-14(7-8)12-13-9-3-2-4-10(15)11(9)16-12/h8H,2-7H2,1H3. The van der Waals surface area contributed by atoms with Gasteiger partial charge in [-0.15, -0.1) is 0 Å². The molecular formula is C12H16N2OS. The minimum atomic E-state index is 0.303. The number of thiazole rings is 1. The predicted octanol–water partition coefficient (Wildman–Crippen LogP) is 2.51. The van der Waals surface area contributed by atoms with Gasteiger partial charge in [-0.3, -0.25) is 4.79 Å². The Labute approximate surface area is 99.5 Å². The fourth-order valence-corrected chi connectivity index (χ4v) is 3.62. The second-order valence-electron chi connectivity index (χ2n) is 4.89. The van der Waals surface area contributed by atoms with E-state index in [1.165, 1.54) is 6.42 Å². The summed E-state index contributed by atoms with van der Waals surface area (Å²) in [5.74, 6) is 1.06. The summed E-state index contributed by atoms with van der Waals surface area (Å²) in [7, 11) is 0. The van der Waals surface area contributed by atoms with Crippen molar-refractivity contribution in [2.24, 2.45) is 5.92 Å². The number of fused-ring (bicyclic) bond motifs is 1. The van der Waals surface area contributed by atoms with Crippen LogP contribution in [0.25, 0.3) is 0 Å². The van der Waals surface area contributed by atoms with E-state index in [0.29, 0.717) is 12.2 Å². The zero-order valence-electron chi connectivity index (χ0n) is 9.53. The average Bonchev–Trinajstić information content (AvgIpc) is 2.84. The second kappa shape index (κ2) is 3.84. The van der Waals surface area contributed by atoms with Crippen molar-refractivity contribution in [1.29, 1.82) is 0 Å². The summed E-state index contributed by atoms with van der Waals surface area (Å²) >= 11 is 1.61. The maximum absolute atomic E-state index is 11.7. The fourth-order valence-electron chi connectivity index (χ4n) is 2.50. The molecule has 3 rings (SSSR count). The van der Waals surface area contributed by atoms with Gasteiger partial charge in [0.2, 0.25) is 0 Å². The molecule has 16 heavy (non-hydrogen) atoms. The zero-order chi connectivity index (χ0) is 11.1. The lowest BCUT2D eigenvalue weighted by Crippen LogP contribution is -2.18. The highest BCUT2D eigenvalue weighted by Crippen LogP contribution is 2.33. The third-order valence-corrected chi connectivity index (χ3v) is 4.65. The Balaban J connectivity index is 1.89. The van der Waals surface area contributed by atoms with Crippen LogP contribution in [-0.4, -0.2) is 23.9 Å². The van der Waals surface area contributed by atoms with Crippen LogP contribution in [0.2, 0.25) is 0 Å². The van der Waals surface area contributed by atoms with Gasteiger partial charge in [-0.1, -0.05) is 18.3 Å². The highest BCUT2D eigenvalue weighted by molar-refractivity contribution is 7.17. The van der Waals surface area contributed by atoms with E-state index in [4.69, 9.17) is 0 Å². The Hall–Kier alpha value is -0.900. The number of carbonyl (C=O) groups is 1. The van der Waals surface area contributed by atoms with Crippen molar-refractivity contribution in [2.45, 2.75) is 32.6 Å². The predicted molar refractivity (Wildman–Crippen MR) is 65.4 cm³/mol. The van der Waals surface area contributed by atoms with Crippen LogP contribution >= 0.6 is 11.3 Å². The van der Waals surface area contributed by atoms with Crippen molar-refractivity contribution in [3.05, 3.63) is 10.6 Å².